The van der Waals surface area contributed by atoms with Crippen LogP contribution in [-0.4, -0.2) is 22.3 Å². The minimum atomic E-state index is -0.810. The third kappa shape index (κ3) is 3.60. The van der Waals surface area contributed by atoms with Gasteiger partial charge < -0.3 is 21.9 Å². The molecule has 0 saturated heterocycles. The monoisotopic (exact) mass is 442 g/mol. The molecule has 0 aliphatic carbocycles. The van der Waals surface area contributed by atoms with E-state index in [1.807, 2.05) is 42.7 Å². The van der Waals surface area contributed by atoms with Crippen molar-refractivity contribution < 1.29 is 5.11 Å². The summed E-state index contributed by atoms with van der Waals surface area (Å²) in [5.41, 5.74) is 14.9. The maximum atomic E-state index is 10.9. The van der Waals surface area contributed by atoms with Crippen LogP contribution < -0.4 is 22.1 Å². The second-order valence-corrected chi connectivity index (χ2v) is 7.78. The van der Waals surface area contributed by atoms with E-state index in [9.17, 15) is 10.4 Å². The average molecular weight is 443 g/mol. The Labute approximate surface area is 188 Å². The van der Waals surface area contributed by atoms with Gasteiger partial charge in [-0.05, 0) is 35.6 Å². The Balaban J connectivity index is 1.83. The van der Waals surface area contributed by atoms with Crippen LogP contribution in [0.15, 0.2) is 52.4 Å². The fourth-order valence-corrected chi connectivity index (χ4v) is 3.95. The van der Waals surface area contributed by atoms with Crippen LogP contribution in [0.1, 0.15) is 22.7 Å². The van der Waals surface area contributed by atoms with Crippen LogP contribution in [0, 0.1) is 22.8 Å². The van der Waals surface area contributed by atoms with Gasteiger partial charge in [0, 0.05) is 16.0 Å². The van der Waals surface area contributed by atoms with Crippen LogP contribution in [0.4, 0.5) is 17.3 Å². The summed E-state index contributed by atoms with van der Waals surface area (Å²) in [7, 11) is 0. The van der Waals surface area contributed by atoms with Gasteiger partial charge in [-0.25, -0.2) is 9.98 Å². The maximum Gasteiger partial charge on any atom is 0.211 e. The average Bonchev–Trinajstić information content (AvgIpc) is 2.79. The number of aliphatic imine (C=N–C) groups is 1. The number of nitrogens with one attached hydrogen (secondary N) is 2. The summed E-state index contributed by atoms with van der Waals surface area (Å²) < 4.78 is 0. The summed E-state index contributed by atoms with van der Waals surface area (Å²) >= 11 is 1.65. The molecule has 1 unspecified atom stereocenters. The first-order chi connectivity index (χ1) is 15.5. The van der Waals surface area contributed by atoms with E-state index >= 15 is 0 Å². The number of phenolic OH excluding ortho intramolecular Hbond substituents is 1. The highest BCUT2D eigenvalue weighted by molar-refractivity contribution is 7.98. The summed E-state index contributed by atoms with van der Waals surface area (Å²) in [6.07, 6.45) is 3.80. The second kappa shape index (κ2) is 8.38. The van der Waals surface area contributed by atoms with Crippen molar-refractivity contribution in [3.63, 3.8) is 0 Å². The molecule has 10 heteroatoms. The van der Waals surface area contributed by atoms with E-state index in [0.717, 1.165) is 16.0 Å². The molecular weight excluding hydrogens is 424 g/mol. The molecule has 0 fully saturated rings. The highest BCUT2D eigenvalue weighted by Gasteiger charge is 2.31. The molecule has 9 nitrogen and oxygen atoms in total. The molecule has 1 atom stereocenters. The van der Waals surface area contributed by atoms with Gasteiger partial charge in [-0.3, -0.25) is 5.32 Å². The fourth-order valence-electron chi connectivity index (χ4n) is 3.54. The lowest BCUT2D eigenvalue weighted by molar-refractivity contribution is 0.465. The quantitative estimate of drug-likeness (QED) is 0.232. The van der Waals surface area contributed by atoms with E-state index in [1.54, 1.807) is 30.1 Å². The number of thioether (sulfide) groups is 1. The van der Waals surface area contributed by atoms with Gasteiger partial charge in [-0.1, -0.05) is 24.3 Å². The van der Waals surface area contributed by atoms with Crippen LogP contribution in [0.2, 0.25) is 0 Å². The lowest BCUT2D eigenvalue weighted by Gasteiger charge is -2.26. The maximum absolute atomic E-state index is 10.9. The van der Waals surface area contributed by atoms with E-state index < -0.39 is 6.04 Å². The first kappa shape index (κ1) is 20.8. The number of nitrogen functional groups attached to an aromatic ring is 2. The molecular formula is C22H18N8OS. The van der Waals surface area contributed by atoms with Crippen molar-refractivity contribution in [1.82, 2.24) is 10.3 Å². The van der Waals surface area contributed by atoms with Gasteiger partial charge >= 0.3 is 0 Å². The number of nitrogens with zero attached hydrogens (tertiary/aromatic N) is 4. The number of nitrogens with two attached hydrogens (primary N) is 2. The van der Waals surface area contributed by atoms with Crippen molar-refractivity contribution in [3.05, 3.63) is 59.2 Å². The van der Waals surface area contributed by atoms with Crippen molar-refractivity contribution in [2.75, 3.05) is 23.0 Å². The number of hydrogen-bond acceptors (Lipinski definition) is 10. The number of fused-ring (bicyclic) bond motifs is 1. The summed E-state index contributed by atoms with van der Waals surface area (Å²) in [5, 5.41) is 34.6. The van der Waals surface area contributed by atoms with E-state index in [1.165, 1.54) is 0 Å². The van der Waals surface area contributed by atoms with Crippen LogP contribution in [0.5, 0.6) is 5.75 Å². The van der Waals surface area contributed by atoms with Crippen LogP contribution in [-0.2, 0) is 0 Å². The molecule has 7 N–H and O–H groups in total. The van der Waals surface area contributed by atoms with E-state index in [2.05, 4.69) is 20.6 Å². The number of benzene rings is 2. The number of phenols is 1. The lowest BCUT2D eigenvalue weighted by atomic mass is 9.93. The van der Waals surface area contributed by atoms with E-state index in [-0.39, 0.29) is 34.6 Å². The van der Waals surface area contributed by atoms with Gasteiger partial charge in [0.15, 0.2) is 6.19 Å². The van der Waals surface area contributed by atoms with Gasteiger partial charge in [0.25, 0.3) is 0 Å². The van der Waals surface area contributed by atoms with Crippen molar-refractivity contribution in [1.29, 1.82) is 10.5 Å². The topological polar surface area (TPSA) is 169 Å². The molecule has 0 saturated carbocycles. The second-order valence-electron chi connectivity index (χ2n) is 6.90. The van der Waals surface area contributed by atoms with Crippen LogP contribution in [0.3, 0.4) is 0 Å². The number of aromatic hydroxyl groups is 1. The van der Waals surface area contributed by atoms with Crippen molar-refractivity contribution in [2.45, 2.75) is 10.9 Å². The molecule has 3 aromatic rings. The summed E-state index contributed by atoms with van der Waals surface area (Å²) in [6.45, 7) is 0. The first-order valence-electron chi connectivity index (χ1n) is 9.43. The number of hydrogen-bond donors (Lipinski definition) is 5. The van der Waals surface area contributed by atoms with E-state index in [4.69, 9.17) is 16.7 Å². The van der Waals surface area contributed by atoms with Crippen LogP contribution in [0.25, 0.3) is 11.1 Å². The van der Waals surface area contributed by atoms with Crippen molar-refractivity contribution in [3.8, 4) is 29.1 Å². The molecule has 1 aromatic heterocycles. The zero-order valence-electron chi connectivity index (χ0n) is 16.9. The first-order valence-corrected chi connectivity index (χ1v) is 10.7. The predicted octanol–water partition coefficient (Wildman–Crippen LogP) is 3.15. The molecule has 32 heavy (non-hydrogen) atoms. The number of guanidine groups is 1. The number of anilines is 3. The third-order valence-electron chi connectivity index (χ3n) is 5.11. The number of pyridine rings is 1. The highest BCUT2D eigenvalue weighted by atomic mass is 32.2. The van der Waals surface area contributed by atoms with Gasteiger partial charge in [-0.2, -0.15) is 10.5 Å². The fraction of sp³-hybridized carbons (Fsp3) is 0.0909. The van der Waals surface area contributed by atoms with Crippen LogP contribution >= 0.6 is 11.8 Å². The Morgan fingerprint density at radius 1 is 1.12 bits per heavy atom. The lowest BCUT2D eigenvalue weighted by Crippen LogP contribution is -2.32. The molecule has 1 aliphatic heterocycles. The molecule has 2 heterocycles. The molecule has 0 amide bonds. The number of nitriles is 2. The Kier molecular flexibility index (Phi) is 5.46. The van der Waals surface area contributed by atoms with Gasteiger partial charge in [0.05, 0.1) is 5.69 Å². The Morgan fingerprint density at radius 2 is 1.84 bits per heavy atom. The Hall–Kier alpha value is -4.41. The minimum Gasteiger partial charge on any atom is -0.508 e. The number of aromatic nitrogens is 1. The zero-order chi connectivity index (χ0) is 22.8. The normalized spacial score (nSPS) is 14.3. The predicted molar refractivity (Wildman–Crippen MR) is 125 cm³/mol. The standard InChI is InChI=1S/C22H18N8OS/c1-32-13-5-2-11(3-6-13)12-4-7-14(16(31)8-12)19-17-18(25)15(9-23)20(26)29-21(17)30-22(28-19)27-10-24/h2-8,19,31H,1H3,(H6,25,26,27,28,29,30). The largest absolute Gasteiger partial charge is 0.508 e. The van der Waals surface area contributed by atoms with Gasteiger partial charge in [0.1, 0.15) is 35.1 Å². The Bertz CT molecular complexity index is 1320. The molecule has 0 bridgehead atoms. The third-order valence-corrected chi connectivity index (χ3v) is 5.85. The van der Waals surface area contributed by atoms with Crippen molar-refractivity contribution in [2.24, 2.45) is 4.99 Å². The molecule has 0 spiro atoms. The van der Waals surface area contributed by atoms with Crippen molar-refractivity contribution >= 4 is 35.0 Å². The smallest absolute Gasteiger partial charge is 0.211 e. The van der Waals surface area contributed by atoms with E-state index in [0.29, 0.717) is 11.1 Å². The summed E-state index contributed by atoms with van der Waals surface area (Å²) in [4.78, 5) is 9.83. The highest BCUT2D eigenvalue weighted by Crippen LogP contribution is 2.43. The molecule has 158 valence electrons. The summed E-state index contributed by atoms with van der Waals surface area (Å²) in [6, 6.07) is 14.4. The molecule has 0 radical (unpaired) electrons. The zero-order valence-corrected chi connectivity index (χ0v) is 17.7. The summed E-state index contributed by atoms with van der Waals surface area (Å²) in [5.74, 6) is 0.329. The minimum absolute atomic E-state index is 0.0101. The van der Waals surface area contributed by atoms with Gasteiger partial charge in [0.2, 0.25) is 5.96 Å². The number of rotatable bonds is 3. The SMILES string of the molecule is CSc1ccc(-c2ccc(C3N=C(NC#N)Nc4nc(N)c(C#N)c(N)c43)c(O)c2)cc1. The Morgan fingerprint density at radius 3 is 2.47 bits per heavy atom. The molecule has 2 aromatic carbocycles. The van der Waals surface area contributed by atoms with Gasteiger partial charge in [-0.15, -0.1) is 11.8 Å². The molecule has 1 aliphatic rings. The molecule has 4 rings (SSSR count).